The molecule has 0 amide bonds. The number of Topliss-reactive ketones (excluding diaryl/α,β-unsaturated/α-hetero) is 1. The molecule has 0 saturated carbocycles. The lowest BCUT2D eigenvalue weighted by molar-refractivity contribution is -0.116. The summed E-state index contributed by atoms with van der Waals surface area (Å²) in [5, 5.41) is 0. The van der Waals surface area contributed by atoms with E-state index >= 15 is 0 Å². The molecule has 0 bridgehead atoms. The summed E-state index contributed by atoms with van der Waals surface area (Å²) in [5.74, 6) is 0.266. The van der Waals surface area contributed by atoms with Crippen molar-refractivity contribution in [3.8, 4) is 0 Å². The van der Waals surface area contributed by atoms with Crippen molar-refractivity contribution in [3.63, 3.8) is 0 Å². The fraction of sp³-hybridized carbons (Fsp3) is 0.700. The monoisotopic (exact) mass is 154 g/mol. The second-order valence-electron chi connectivity index (χ2n) is 3.06. The maximum atomic E-state index is 10.6. The Bertz CT molecular complexity index is 136. The number of hydrogen-bond donors (Lipinski definition) is 0. The van der Waals surface area contributed by atoms with E-state index in [1.807, 2.05) is 0 Å². The number of unbranched alkanes of at least 4 members (excludes halogenated alkanes) is 1. The minimum atomic E-state index is 0.266. The molecule has 1 heteroatoms. The molecule has 64 valence electrons. The first-order valence-corrected chi connectivity index (χ1v) is 4.33. The zero-order valence-corrected chi connectivity index (χ0v) is 7.65. The molecule has 0 atom stereocenters. The lowest BCUT2D eigenvalue weighted by Gasteiger charge is -2.01. The van der Waals surface area contributed by atoms with Gasteiger partial charge >= 0.3 is 0 Å². The summed E-state index contributed by atoms with van der Waals surface area (Å²) in [7, 11) is 0. The maximum Gasteiger partial charge on any atom is 0.130 e. The van der Waals surface area contributed by atoms with E-state index in [1.165, 1.54) is 18.4 Å². The van der Waals surface area contributed by atoms with Gasteiger partial charge in [0.2, 0.25) is 0 Å². The van der Waals surface area contributed by atoms with Gasteiger partial charge in [-0.3, -0.25) is 0 Å². The number of allylic oxidation sites excluding steroid dienone is 1. The van der Waals surface area contributed by atoms with Crippen molar-refractivity contribution in [3.05, 3.63) is 12.2 Å². The van der Waals surface area contributed by atoms with Crippen LogP contribution in [0.1, 0.15) is 46.0 Å². The molecule has 0 rings (SSSR count). The summed E-state index contributed by atoms with van der Waals surface area (Å²) >= 11 is 0. The van der Waals surface area contributed by atoms with Crippen LogP contribution >= 0.6 is 0 Å². The molecule has 0 aromatic heterocycles. The van der Waals surface area contributed by atoms with Gasteiger partial charge in [0.15, 0.2) is 0 Å². The Hall–Kier alpha value is -0.590. The Kier molecular flexibility index (Phi) is 5.81. The van der Waals surface area contributed by atoms with Crippen LogP contribution < -0.4 is 0 Å². The molecule has 0 saturated heterocycles. The largest absolute Gasteiger partial charge is 0.300 e. The van der Waals surface area contributed by atoms with Crippen molar-refractivity contribution >= 4 is 5.78 Å². The number of ketones is 1. The van der Waals surface area contributed by atoms with Crippen molar-refractivity contribution in [1.29, 1.82) is 0 Å². The fourth-order valence-electron chi connectivity index (χ4n) is 0.905. The Morgan fingerprint density at radius 3 is 2.36 bits per heavy atom. The van der Waals surface area contributed by atoms with Crippen LogP contribution in [0, 0.1) is 0 Å². The van der Waals surface area contributed by atoms with Gasteiger partial charge in [-0.25, -0.2) is 0 Å². The molecule has 11 heavy (non-hydrogen) atoms. The van der Waals surface area contributed by atoms with Gasteiger partial charge in [-0.1, -0.05) is 25.5 Å². The minimum Gasteiger partial charge on any atom is -0.300 e. The van der Waals surface area contributed by atoms with Gasteiger partial charge in [0, 0.05) is 6.42 Å². The first kappa shape index (κ1) is 10.4. The van der Waals surface area contributed by atoms with Crippen molar-refractivity contribution < 1.29 is 4.79 Å². The average molecular weight is 154 g/mol. The van der Waals surface area contributed by atoms with Gasteiger partial charge in [0.1, 0.15) is 5.78 Å². The van der Waals surface area contributed by atoms with Crippen LogP contribution in [-0.2, 0) is 4.79 Å². The van der Waals surface area contributed by atoms with Gasteiger partial charge in [-0.2, -0.15) is 0 Å². The van der Waals surface area contributed by atoms with Crippen molar-refractivity contribution in [2.45, 2.75) is 46.0 Å². The second kappa shape index (κ2) is 6.14. The molecule has 0 spiro atoms. The lowest BCUT2D eigenvalue weighted by Crippen LogP contribution is -1.91. The molecule has 0 aliphatic carbocycles. The van der Waals surface area contributed by atoms with Crippen LogP contribution in [0.15, 0.2) is 12.2 Å². The third-order valence-electron chi connectivity index (χ3n) is 1.71. The van der Waals surface area contributed by atoms with E-state index in [4.69, 9.17) is 0 Å². The molecule has 0 N–H and O–H groups in total. The summed E-state index contributed by atoms with van der Waals surface area (Å²) in [6, 6.07) is 0. The molecule has 0 heterocycles. The highest BCUT2D eigenvalue weighted by Gasteiger charge is 1.96. The predicted molar refractivity (Wildman–Crippen MR) is 48.6 cm³/mol. The van der Waals surface area contributed by atoms with E-state index in [0.29, 0.717) is 6.42 Å². The first-order valence-electron chi connectivity index (χ1n) is 4.33. The number of carbonyl (C=O) groups excluding carboxylic acids is 1. The summed E-state index contributed by atoms with van der Waals surface area (Å²) < 4.78 is 0. The van der Waals surface area contributed by atoms with Gasteiger partial charge in [-0.15, -0.1) is 0 Å². The Morgan fingerprint density at radius 1 is 1.27 bits per heavy atom. The standard InChI is InChI=1S/C10H18O/c1-4-5-6-9(2)7-8-10(3)11/h2,4-8H2,1,3H3. The van der Waals surface area contributed by atoms with Crippen LogP contribution in [0.5, 0.6) is 0 Å². The van der Waals surface area contributed by atoms with Crippen LogP contribution in [0.2, 0.25) is 0 Å². The van der Waals surface area contributed by atoms with E-state index in [1.54, 1.807) is 6.92 Å². The summed E-state index contributed by atoms with van der Waals surface area (Å²) in [6.45, 7) is 7.71. The highest BCUT2D eigenvalue weighted by atomic mass is 16.1. The van der Waals surface area contributed by atoms with E-state index in [-0.39, 0.29) is 5.78 Å². The number of rotatable bonds is 6. The topological polar surface area (TPSA) is 17.1 Å². The number of hydrogen-bond acceptors (Lipinski definition) is 1. The molecule has 0 aliphatic heterocycles. The highest BCUT2D eigenvalue weighted by Crippen LogP contribution is 2.10. The average Bonchev–Trinajstić information content (AvgIpc) is 1.97. The van der Waals surface area contributed by atoms with Crippen molar-refractivity contribution in [1.82, 2.24) is 0 Å². The van der Waals surface area contributed by atoms with Crippen LogP contribution in [-0.4, -0.2) is 5.78 Å². The zero-order chi connectivity index (χ0) is 8.69. The first-order chi connectivity index (χ1) is 5.16. The maximum absolute atomic E-state index is 10.6. The van der Waals surface area contributed by atoms with E-state index < -0.39 is 0 Å². The Balaban J connectivity index is 3.30. The molecule has 0 aliphatic rings. The number of carbonyl (C=O) groups is 1. The zero-order valence-electron chi connectivity index (χ0n) is 7.65. The van der Waals surface area contributed by atoms with Gasteiger partial charge < -0.3 is 4.79 Å². The van der Waals surface area contributed by atoms with Crippen LogP contribution in [0.25, 0.3) is 0 Å². The normalized spacial score (nSPS) is 9.64. The molecular formula is C10H18O. The van der Waals surface area contributed by atoms with Crippen molar-refractivity contribution in [2.24, 2.45) is 0 Å². The Labute approximate surface area is 69.5 Å². The highest BCUT2D eigenvalue weighted by molar-refractivity contribution is 5.75. The lowest BCUT2D eigenvalue weighted by atomic mass is 10.0. The van der Waals surface area contributed by atoms with Crippen molar-refractivity contribution in [2.75, 3.05) is 0 Å². The Morgan fingerprint density at radius 2 is 1.91 bits per heavy atom. The van der Waals surface area contributed by atoms with E-state index in [0.717, 1.165) is 12.8 Å². The summed E-state index contributed by atoms with van der Waals surface area (Å²) in [6.07, 6.45) is 5.05. The smallest absolute Gasteiger partial charge is 0.130 e. The van der Waals surface area contributed by atoms with Crippen LogP contribution in [0.3, 0.4) is 0 Å². The van der Waals surface area contributed by atoms with Crippen LogP contribution in [0.4, 0.5) is 0 Å². The van der Waals surface area contributed by atoms with Gasteiger partial charge in [0.25, 0.3) is 0 Å². The quantitative estimate of drug-likeness (QED) is 0.537. The second-order valence-corrected chi connectivity index (χ2v) is 3.06. The van der Waals surface area contributed by atoms with Gasteiger partial charge in [0.05, 0.1) is 0 Å². The molecule has 0 aromatic carbocycles. The fourth-order valence-corrected chi connectivity index (χ4v) is 0.905. The molecular weight excluding hydrogens is 136 g/mol. The molecule has 1 nitrogen and oxygen atoms in total. The minimum absolute atomic E-state index is 0.266. The molecule has 0 fully saturated rings. The van der Waals surface area contributed by atoms with E-state index in [2.05, 4.69) is 13.5 Å². The summed E-state index contributed by atoms with van der Waals surface area (Å²) in [5.41, 5.74) is 1.22. The molecule has 0 radical (unpaired) electrons. The third kappa shape index (κ3) is 7.31. The van der Waals surface area contributed by atoms with Gasteiger partial charge in [-0.05, 0) is 26.2 Å². The third-order valence-corrected chi connectivity index (χ3v) is 1.71. The summed E-state index contributed by atoms with van der Waals surface area (Å²) in [4.78, 5) is 10.6. The van der Waals surface area contributed by atoms with E-state index in [9.17, 15) is 4.79 Å². The molecule has 0 unspecified atom stereocenters. The molecule has 0 aromatic rings. The SMILES string of the molecule is C=C(CCCC)CCC(C)=O. The predicted octanol–water partition coefficient (Wildman–Crippen LogP) is 3.10.